The molecule has 2 N–H and O–H groups in total. The van der Waals surface area contributed by atoms with Crippen molar-refractivity contribution in [3.05, 3.63) is 47.8 Å². The van der Waals surface area contributed by atoms with Gasteiger partial charge in [0.25, 0.3) is 0 Å². The van der Waals surface area contributed by atoms with Gasteiger partial charge in [0.2, 0.25) is 0 Å². The van der Waals surface area contributed by atoms with Crippen molar-refractivity contribution >= 4 is 11.7 Å². The van der Waals surface area contributed by atoms with Gasteiger partial charge >= 0.3 is 5.97 Å². The van der Waals surface area contributed by atoms with E-state index in [0.29, 0.717) is 24.4 Å². The van der Waals surface area contributed by atoms with Crippen molar-refractivity contribution < 1.29 is 9.53 Å². The van der Waals surface area contributed by atoms with E-state index in [0.717, 1.165) is 5.56 Å². The Labute approximate surface area is 105 Å². The molecule has 2 rings (SSSR count). The van der Waals surface area contributed by atoms with Gasteiger partial charge in [-0.3, -0.25) is 4.68 Å². The predicted octanol–water partition coefficient (Wildman–Crippen LogP) is 1.69. The molecule has 0 atom stereocenters. The van der Waals surface area contributed by atoms with E-state index < -0.39 is 0 Å². The van der Waals surface area contributed by atoms with Gasteiger partial charge in [-0.25, -0.2) is 4.79 Å². The van der Waals surface area contributed by atoms with E-state index in [-0.39, 0.29) is 5.97 Å². The molecule has 18 heavy (non-hydrogen) atoms. The molecule has 0 saturated carbocycles. The van der Waals surface area contributed by atoms with Crippen LogP contribution in [-0.2, 0) is 11.3 Å². The van der Waals surface area contributed by atoms with Crippen LogP contribution in [0.5, 0.6) is 0 Å². The van der Waals surface area contributed by atoms with Gasteiger partial charge in [0.1, 0.15) is 0 Å². The van der Waals surface area contributed by atoms with Gasteiger partial charge in [0, 0.05) is 11.9 Å². The highest BCUT2D eigenvalue weighted by Gasteiger charge is 2.09. The van der Waals surface area contributed by atoms with Gasteiger partial charge in [-0.2, -0.15) is 5.10 Å². The third kappa shape index (κ3) is 2.88. The monoisotopic (exact) mass is 245 g/mol. The van der Waals surface area contributed by atoms with Crippen LogP contribution in [0.25, 0.3) is 0 Å². The quantitative estimate of drug-likeness (QED) is 0.657. The number of nitrogen functional groups attached to an aromatic ring is 1. The molecule has 1 aromatic heterocycles. The Morgan fingerprint density at radius 1 is 1.50 bits per heavy atom. The van der Waals surface area contributed by atoms with Gasteiger partial charge in [-0.15, -0.1) is 0 Å². The normalized spacial score (nSPS) is 10.3. The summed E-state index contributed by atoms with van der Waals surface area (Å²) < 4.78 is 6.58. The molecule has 0 aliphatic rings. The van der Waals surface area contributed by atoms with Crippen LogP contribution in [0.4, 0.5) is 5.69 Å². The third-order valence-corrected chi connectivity index (χ3v) is 2.44. The van der Waals surface area contributed by atoms with E-state index in [1.807, 2.05) is 24.3 Å². The number of nitrogens with two attached hydrogens (primary N) is 1. The van der Waals surface area contributed by atoms with E-state index in [9.17, 15) is 4.79 Å². The van der Waals surface area contributed by atoms with Crippen molar-refractivity contribution in [2.24, 2.45) is 0 Å². The molecule has 1 heterocycles. The summed E-state index contributed by atoms with van der Waals surface area (Å²) in [5.41, 5.74) is 7.91. The number of carbonyl (C=O) groups excluding carboxylic acids is 1. The van der Waals surface area contributed by atoms with Crippen LogP contribution < -0.4 is 5.73 Å². The summed E-state index contributed by atoms with van der Waals surface area (Å²) in [6.45, 7) is 2.71. The van der Waals surface area contributed by atoms with Crippen molar-refractivity contribution in [1.29, 1.82) is 0 Å². The van der Waals surface area contributed by atoms with E-state index in [1.54, 1.807) is 17.8 Å². The molecule has 0 unspecified atom stereocenters. The number of rotatable bonds is 4. The first-order valence-corrected chi connectivity index (χ1v) is 5.73. The number of ether oxygens (including phenoxy) is 1. The second kappa shape index (κ2) is 5.35. The predicted molar refractivity (Wildman–Crippen MR) is 68.1 cm³/mol. The first kappa shape index (κ1) is 12.2. The van der Waals surface area contributed by atoms with Crippen molar-refractivity contribution in [1.82, 2.24) is 9.78 Å². The highest BCUT2D eigenvalue weighted by atomic mass is 16.5. The molecule has 0 aliphatic carbocycles. The molecule has 5 nitrogen and oxygen atoms in total. The van der Waals surface area contributed by atoms with Crippen LogP contribution in [0.15, 0.2) is 36.7 Å². The maximum absolute atomic E-state index is 11.5. The first-order chi connectivity index (χ1) is 8.69. The van der Waals surface area contributed by atoms with E-state index in [1.165, 1.54) is 6.20 Å². The fraction of sp³-hybridized carbons (Fsp3) is 0.231. The Hall–Kier alpha value is -2.30. The molecule has 0 saturated heterocycles. The zero-order valence-electron chi connectivity index (χ0n) is 10.2. The minimum Gasteiger partial charge on any atom is -0.462 e. The lowest BCUT2D eigenvalue weighted by Crippen LogP contribution is -2.04. The van der Waals surface area contributed by atoms with Crippen LogP contribution in [-0.4, -0.2) is 22.4 Å². The average molecular weight is 245 g/mol. The summed E-state index contributed by atoms with van der Waals surface area (Å²) in [6.07, 6.45) is 3.17. The molecular weight excluding hydrogens is 230 g/mol. The summed E-state index contributed by atoms with van der Waals surface area (Å²) in [5.74, 6) is -0.351. The van der Waals surface area contributed by atoms with Crippen LogP contribution >= 0.6 is 0 Å². The zero-order valence-corrected chi connectivity index (χ0v) is 10.2. The number of aromatic nitrogens is 2. The topological polar surface area (TPSA) is 70.1 Å². The lowest BCUT2D eigenvalue weighted by atomic mass is 10.2. The Balaban J connectivity index is 2.09. The van der Waals surface area contributed by atoms with Crippen LogP contribution in [0, 0.1) is 0 Å². The summed E-state index contributed by atoms with van der Waals surface area (Å²) in [7, 11) is 0. The first-order valence-electron chi connectivity index (χ1n) is 5.73. The summed E-state index contributed by atoms with van der Waals surface area (Å²) in [5, 5.41) is 4.12. The van der Waals surface area contributed by atoms with Gasteiger partial charge in [0.15, 0.2) is 0 Å². The third-order valence-electron chi connectivity index (χ3n) is 2.44. The van der Waals surface area contributed by atoms with E-state index >= 15 is 0 Å². The molecule has 0 spiro atoms. The van der Waals surface area contributed by atoms with Gasteiger partial charge in [-0.05, 0) is 24.6 Å². The Bertz CT molecular complexity index is 549. The molecule has 94 valence electrons. The number of benzene rings is 1. The second-order valence-corrected chi connectivity index (χ2v) is 3.89. The lowest BCUT2D eigenvalue weighted by Gasteiger charge is -2.02. The molecule has 0 bridgehead atoms. The van der Waals surface area contributed by atoms with E-state index in [2.05, 4.69) is 5.10 Å². The molecule has 1 aromatic carbocycles. The standard InChI is InChI=1S/C13H15N3O2/c1-2-18-13(17)11-7-15-16(9-11)8-10-4-3-5-12(14)6-10/h3-7,9H,2,8,14H2,1H3. The van der Waals surface area contributed by atoms with Crippen LogP contribution in [0.2, 0.25) is 0 Å². The van der Waals surface area contributed by atoms with Crippen LogP contribution in [0.1, 0.15) is 22.8 Å². The lowest BCUT2D eigenvalue weighted by molar-refractivity contribution is 0.0526. The fourth-order valence-electron chi connectivity index (χ4n) is 1.65. The van der Waals surface area contributed by atoms with Gasteiger partial charge in [-0.1, -0.05) is 12.1 Å². The van der Waals surface area contributed by atoms with Gasteiger partial charge < -0.3 is 10.5 Å². The molecule has 0 amide bonds. The average Bonchev–Trinajstić information content (AvgIpc) is 2.78. The number of hydrogen-bond donors (Lipinski definition) is 1. The smallest absolute Gasteiger partial charge is 0.341 e. The maximum Gasteiger partial charge on any atom is 0.341 e. The van der Waals surface area contributed by atoms with Crippen molar-refractivity contribution in [2.75, 3.05) is 12.3 Å². The molecule has 0 radical (unpaired) electrons. The number of hydrogen-bond acceptors (Lipinski definition) is 4. The minimum atomic E-state index is -0.351. The Kier molecular flexibility index (Phi) is 3.62. The summed E-state index contributed by atoms with van der Waals surface area (Å²) in [4.78, 5) is 11.5. The van der Waals surface area contributed by atoms with E-state index in [4.69, 9.17) is 10.5 Å². The van der Waals surface area contributed by atoms with Crippen molar-refractivity contribution in [2.45, 2.75) is 13.5 Å². The Morgan fingerprint density at radius 3 is 3.06 bits per heavy atom. The van der Waals surface area contributed by atoms with Crippen molar-refractivity contribution in [3.63, 3.8) is 0 Å². The Morgan fingerprint density at radius 2 is 2.33 bits per heavy atom. The summed E-state index contributed by atoms with van der Waals surface area (Å²) >= 11 is 0. The maximum atomic E-state index is 11.5. The second-order valence-electron chi connectivity index (χ2n) is 3.89. The highest BCUT2D eigenvalue weighted by Crippen LogP contribution is 2.09. The highest BCUT2D eigenvalue weighted by molar-refractivity contribution is 5.88. The van der Waals surface area contributed by atoms with Gasteiger partial charge in [0.05, 0.1) is 24.9 Å². The largest absolute Gasteiger partial charge is 0.462 e. The molecule has 5 heteroatoms. The molecule has 0 aliphatic heterocycles. The molecular formula is C13H15N3O2. The molecule has 2 aromatic rings. The number of esters is 1. The summed E-state index contributed by atoms with van der Waals surface area (Å²) in [6, 6.07) is 7.56. The number of anilines is 1. The zero-order chi connectivity index (χ0) is 13.0. The molecule has 0 fully saturated rings. The SMILES string of the molecule is CCOC(=O)c1cnn(Cc2cccc(N)c2)c1. The minimum absolute atomic E-state index is 0.351. The van der Waals surface area contributed by atoms with Crippen molar-refractivity contribution in [3.8, 4) is 0 Å². The van der Waals surface area contributed by atoms with Crippen LogP contribution in [0.3, 0.4) is 0 Å². The number of carbonyl (C=O) groups is 1. The fourth-order valence-corrected chi connectivity index (χ4v) is 1.65. The number of nitrogens with zero attached hydrogens (tertiary/aromatic N) is 2.